The standard InChI is InChI=1S/C12H13FN2/c1-14-8-5-10-9-4-7(13)2-3-11(9)15-12(10)6-8/h2-4,8,14-15H,5-6H2,1H3. The van der Waals surface area contributed by atoms with Crippen molar-refractivity contribution < 1.29 is 4.39 Å². The van der Waals surface area contributed by atoms with E-state index in [0.717, 1.165) is 23.7 Å². The van der Waals surface area contributed by atoms with Crippen molar-refractivity contribution in [3.63, 3.8) is 0 Å². The van der Waals surface area contributed by atoms with Gasteiger partial charge in [0.1, 0.15) is 5.82 Å². The topological polar surface area (TPSA) is 27.8 Å². The van der Waals surface area contributed by atoms with Gasteiger partial charge in [-0.3, -0.25) is 0 Å². The maximum absolute atomic E-state index is 13.1. The maximum atomic E-state index is 13.1. The van der Waals surface area contributed by atoms with Gasteiger partial charge in [0.05, 0.1) is 0 Å². The molecule has 1 aromatic carbocycles. The molecule has 2 nitrogen and oxygen atoms in total. The second-order valence-corrected chi connectivity index (χ2v) is 4.17. The Kier molecular flexibility index (Phi) is 1.83. The van der Waals surface area contributed by atoms with Gasteiger partial charge in [-0.25, -0.2) is 4.39 Å². The molecule has 0 fully saturated rings. The molecule has 0 radical (unpaired) electrons. The Labute approximate surface area is 87.5 Å². The maximum Gasteiger partial charge on any atom is 0.123 e. The number of benzene rings is 1. The number of rotatable bonds is 1. The predicted molar refractivity (Wildman–Crippen MR) is 58.5 cm³/mol. The van der Waals surface area contributed by atoms with E-state index in [1.54, 1.807) is 6.07 Å². The van der Waals surface area contributed by atoms with Gasteiger partial charge in [0.15, 0.2) is 0 Å². The lowest BCUT2D eigenvalue weighted by atomic mass is 10.1. The molecule has 0 amide bonds. The Balaban J connectivity index is 2.17. The number of fused-ring (bicyclic) bond motifs is 3. The smallest absolute Gasteiger partial charge is 0.123 e. The molecule has 1 aliphatic rings. The van der Waals surface area contributed by atoms with E-state index < -0.39 is 0 Å². The van der Waals surface area contributed by atoms with Crippen LogP contribution in [0.25, 0.3) is 10.9 Å². The number of aromatic amines is 1. The number of nitrogens with one attached hydrogen (secondary N) is 2. The molecule has 0 bridgehead atoms. The van der Waals surface area contributed by atoms with E-state index in [2.05, 4.69) is 10.3 Å². The largest absolute Gasteiger partial charge is 0.358 e. The first kappa shape index (κ1) is 8.92. The van der Waals surface area contributed by atoms with Crippen LogP contribution in [-0.4, -0.2) is 18.1 Å². The highest BCUT2D eigenvalue weighted by molar-refractivity contribution is 5.85. The third-order valence-electron chi connectivity index (χ3n) is 3.27. The Hall–Kier alpha value is -1.35. The molecular weight excluding hydrogens is 191 g/mol. The zero-order valence-electron chi connectivity index (χ0n) is 8.60. The summed E-state index contributed by atoms with van der Waals surface area (Å²) in [7, 11) is 1.97. The van der Waals surface area contributed by atoms with E-state index in [-0.39, 0.29) is 5.82 Å². The summed E-state index contributed by atoms with van der Waals surface area (Å²) in [6, 6.07) is 5.45. The Morgan fingerprint density at radius 3 is 3.07 bits per heavy atom. The summed E-state index contributed by atoms with van der Waals surface area (Å²) < 4.78 is 13.1. The van der Waals surface area contributed by atoms with Crippen LogP contribution in [0.5, 0.6) is 0 Å². The van der Waals surface area contributed by atoms with E-state index in [9.17, 15) is 4.39 Å². The van der Waals surface area contributed by atoms with Gasteiger partial charge in [-0.1, -0.05) is 0 Å². The quantitative estimate of drug-likeness (QED) is 0.730. The fraction of sp³-hybridized carbons (Fsp3) is 0.333. The lowest BCUT2D eigenvalue weighted by molar-refractivity contribution is 0.590. The zero-order valence-corrected chi connectivity index (χ0v) is 8.60. The van der Waals surface area contributed by atoms with E-state index in [1.807, 2.05) is 13.1 Å². The molecule has 0 saturated heterocycles. The van der Waals surface area contributed by atoms with E-state index in [0.29, 0.717) is 6.04 Å². The number of H-pyrrole nitrogens is 1. The molecule has 2 aromatic rings. The lowest BCUT2D eigenvalue weighted by Gasteiger charge is -2.06. The zero-order chi connectivity index (χ0) is 10.4. The molecule has 1 aromatic heterocycles. The molecule has 1 heterocycles. The molecular formula is C12H13FN2. The number of aromatic nitrogens is 1. The van der Waals surface area contributed by atoms with Crippen LogP contribution in [0.3, 0.4) is 0 Å². The summed E-state index contributed by atoms with van der Waals surface area (Å²) in [5, 5.41) is 4.31. The number of halogens is 1. The highest BCUT2D eigenvalue weighted by Gasteiger charge is 2.24. The van der Waals surface area contributed by atoms with Crippen LogP contribution in [0.1, 0.15) is 11.3 Å². The van der Waals surface area contributed by atoms with Crippen molar-refractivity contribution in [3.8, 4) is 0 Å². The molecule has 1 atom stereocenters. The SMILES string of the molecule is CNC1Cc2[nH]c3ccc(F)cc3c2C1. The van der Waals surface area contributed by atoms with Gasteiger partial charge in [-0.15, -0.1) is 0 Å². The average Bonchev–Trinajstić information content (AvgIpc) is 2.75. The van der Waals surface area contributed by atoms with Crippen LogP contribution in [-0.2, 0) is 12.8 Å². The van der Waals surface area contributed by atoms with E-state index in [1.165, 1.54) is 17.3 Å². The molecule has 1 unspecified atom stereocenters. The van der Waals surface area contributed by atoms with Gasteiger partial charge < -0.3 is 10.3 Å². The average molecular weight is 204 g/mol. The normalized spacial score (nSPS) is 19.7. The summed E-state index contributed by atoms with van der Waals surface area (Å²) in [5.74, 6) is -0.155. The lowest BCUT2D eigenvalue weighted by Crippen LogP contribution is -2.25. The second kappa shape index (κ2) is 3.07. The van der Waals surface area contributed by atoms with Crippen molar-refractivity contribution in [1.29, 1.82) is 0 Å². The van der Waals surface area contributed by atoms with Crippen molar-refractivity contribution in [2.75, 3.05) is 7.05 Å². The third-order valence-corrected chi connectivity index (χ3v) is 3.27. The van der Waals surface area contributed by atoms with Crippen molar-refractivity contribution in [3.05, 3.63) is 35.3 Å². The van der Waals surface area contributed by atoms with Gasteiger partial charge in [0.2, 0.25) is 0 Å². The Morgan fingerprint density at radius 1 is 1.40 bits per heavy atom. The van der Waals surface area contributed by atoms with Gasteiger partial charge in [-0.05, 0) is 37.2 Å². The number of hydrogen-bond acceptors (Lipinski definition) is 1. The number of hydrogen-bond donors (Lipinski definition) is 2. The van der Waals surface area contributed by atoms with Crippen molar-refractivity contribution in [2.24, 2.45) is 0 Å². The van der Waals surface area contributed by atoms with E-state index in [4.69, 9.17) is 0 Å². The first-order valence-electron chi connectivity index (χ1n) is 5.24. The monoisotopic (exact) mass is 204 g/mol. The van der Waals surface area contributed by atoms with Crippen molar-refractivity contribution in [1.82, 2.24) is 10.3 Å². The summed E-state index contributed by atoms with van der Waals surface area (Å²) in [6.07, 6.45) is 2.01. The van der Waals surface area contributed by atoms with Crippen LogP contribution in [0.4, 0.5) is 4.39 Å². The Morgan fingerprint density at radius 2 is 2.27 bits per heavy atom. The molecule has 1 aliphatic carbocycles. The molecule has 3 rings (SSSR count). The minimum Gasteiger partial charge on any atom is -0.358 e. The summed E-state index contributed by atoms with van der Waals surface area (Å²) in [6.45, 7) is 0. The molecule has 2 N–H and O–H groups in total. The van der Waals surface area contributed by atoms with Crippen molar-refractivity contribution >= 4 is 10.9 Å². The van der Waals surface area contributed by atoms with Crippen LogP contribution >= 0.6 is 0 Å². The molecule has 0 aliphatic heterocycles. The van der Waals surface area contributed by atoms with Gasteiger partial charge >= 0.3 is 0 Å². The minimum absolute atomic E-state index is 0.155. The van der Waals surface area contributed by atoms with Gasteiger partial charge in [0.25, 0.3) is 0 Å². The Bertz CT molecular complexity index is 516. The number of likely N-dealkylation sites (N-methyl/N-ethyl adjacent to an activating group) is 1. The van der Waals surface area contributed by atoms with Crippen LogP contribution in [0.2, 0.25) is 0 Å². The fourth-order valence-corrected chi connectivity index (χ4v) is 2.45. The fourth-order valence-electron chi connectivity index (χ4n) is 2.45. The molecule has 0 saturated carbocycles. The molecule has 78 valence electrons. The van der Waals surface area contributed by atoms with Crippen LogP contribution < -0.4 is 5.32 Å². The molecule has 15 heavy (non-hydrogen) atoms. The predicted octanol–water partition coefficient (Wildman–Crippen LogP) is 1.99. The highest BCUT2D eigenvalue weighted by atomic mass is 19.1. The van der Waals surface area contributed by atoms with Crippen molar-refractivity contribution in [2.45, 2.75) is 18.9 Å². The highest BCUT2D eigenvalue weighted by Crippen LogP contribution is 2.30. The van der Waals surface area contributed by atoms with E-state index >= 15 is 0 Å². The van der Waals surface area contributed by atoms with Gasteiger partial charge in [0, 0.05) is 29.1 Å². The summed E-state index contributed by atoms with van der Waals surface area (Å²) >= 11 is 0. The molecule has 0 spiro atoms. The van der Waals surface area contributed by atoms with Crippen LogP contribution in [0, 0.1) is 5.82 Å². The summed E-state index contributed by atoms with van der Waals surface area (Å²) in [5.41, 5.74) is 3.59. The minimum atomic E-state index is -0.155. The van der Waals surface area contributed by atoms with Crippen LogP contribution in [0.15, 0.2) is 18.2 Å². The molecule has 3 heteroatoms. The summed E-state index contributed by atoms with van der Waals surface area (Å²) in [4.78, 5) is 3.36. The first-order valence-corrected chi connectivity index (χ1v) is 5.24. The second-order valence-electron chi connectivity index (χ2n) is 4.17. The third kappa shape index (κ3) is 1.27. The first-order chi connectivity index (χ1) is 7.28. The van der Waals surface area contributed by atoms with Gasteiger partial charge in [-0.2, -0.15) is 0 Å².